The summed E-state index contributed by atoms with van der Waals surface area (Å²) in [6.07, 6.45) is 0. The fraction of sp³-hybridized carbons (Fsp3) is 1.00. The number of morpholine rings is 1. The third kappa shape index (κ3) is 9.96. The van der Waals surface area contributed by atoms with Crippen LogP contribution in [0.15, 0.2) is 0 Å². The van der Waals surface area contributed by atoms with Crippen LogP contribution in [0, 0.1) is 0 Å². The molecule has 0 amide bonds. The molecule has 8 heteroatoms. The largest absolute Gasteiger partial charge is 0.673 e. The van der Waals surface area contributed by atoms with Crippen molar-refractivity contribution in [3.05, 3.63) is 0 Å². The third-order valence-corrected chi connectivity index (χ3v) is 2.19. The molecule has 0 aliphatic carbocycles. The summed E-state index contributed by atoms with van der Waals surface area (Å²) in [5.74, 6) is 0. The number of ether oxygens (including phenoxy) is 1. The first-order valence-corrected chi connectivity index (χ1v) is 4.66. The van der Waals surface area contributed by atoms with E-state index in [1.807, 2.05) is 0 Å². The van der Waals surface area contributed by atoms with Crippen LogP contribution in [0.3, 0.4) is 0 Å². The summed E-state index contributed by atoms with van der Waals surface area (Å²) in [4.78, 5) is 0. The molecule has 3 nitrogen and oxygen atoms in total. The predicted octanol–water partition coefficient (Wildman–Crippen LogP) is 0.756. The van der Waals surface area contributed by atoms with Crippen molar-refractivity contribution in [2.45, 2.75) is 0 Å². The maximum Gasteiger partial charge on any atom is 0.673 e. The van der Waals surface area contributed by atoms with Crippen molar-refractivity contribution in [2.75, 3.05) is 46.5 Å². The third-order valence-electron chi connectivity index (χ3n) is 2.19. The van der Waals surface area contributed by atoms with Crippen LogP contribution in [-0.4, -0.2) is 63.3 Å². The molecule has 0 aromatic carbocycles. The van der Waals surface area contributed by atoms with Crippen molar-refractivity contribution < 1.29 is 31.6 Å². The Morgan fingerprint density at radius 2 is 1.60 bits per heavy atom. The number of rotatable bonds is 2. The lowest BCUT2D eigenvalue weighted by molar-refractivity contribution is -0.917. The molecule has 1 aliphatic rings. The molecule has 1 aliphatic heterocycles. The highest BCUT2D eigenvalue weighted by atomic mass is 19.5. The standard InChI is InChI=1S/C7H16NO2.BF4/c1-8(2-5-9)3-6-10-7-4-8;2-1(3,4)5/h9H,2-7H2,1H3;/q+1;-1. The van der Waals surface area contributed by atoms with Gasteiger partial charge in [-0.3, -0.25) is 0 Å². The lowest BCUT2D eigenvalue weighted by Crippen LogP contribution is -2.53. The molecule has 0 saturated carbocycles. The highest BCUT2D eigenvalue weighted by Gasteiger charge is 2.23. The van der Waals surface area contributed by atoms with Crippen LogP contribution in [0.25, 0.3) is 0 Å². The quantitative estimate of drug-likeness (QED) is 0.433. The highest BCUT2D eigenvalue weighted by molar-refractivity contribution is 6.50. The monoisotopic (exact) mass is 233 g/mol. The van der Waals surface area contributed by atoms with E-state index in [2.05, 4.69) is 7.05 Å². The van der Waals surface area contributed by atoms with Crippen molar-refractivity contribution >= 4 is 7.25 Å². The molecule has 15 heavy (non-hydrogen) atoms. The summed E-state index contributed by atoms with van der Waals surface area (Å²) in [5, 5.41) is 8.73. The molecule has 0 aromatic rings. The molecule has 0 spiro atoms. The second-order valence-corrected chi connectivity index (χ2v) is 3.62. The summed E-state index contributed by atoms with van der Waals surface area (Å²) < 4.78 is 45.2. The lowest BCUT2D eigenvalue weighted by atomic mass is 10.3. The molecule has 1 N–H and O–H groups in total. The summed E-state index contributed by atoms with van der Waals surface area (Å²) in [7, 11) is -3.83. The Morgan fingerprint density at radius 3 is 1.93 bits per heavy atom. The van der Waals surface area contributed by atoms with Gasteiger partial charge in [0, 0.05) is 0 Å². The molecular weight excluding hydrogens is 217 g/mol. The molecule has 1 fully saturated rings. The Morgan fingerprint density at radius 1 is 1.20 bits per heavy atom. The molecule has 0 atom stereocenters. The molecule has 0 bridgehead atoms. The minimum Gasteiger partial charge on any atom is -0.418 e. The average molecular weight is 233 g/mol. The second-order valence-electron chi connectivity index (χ2n) is 3.62. The summed E-state index contributed by atoms with van der Waals surface area (Å²) in [5.41, 5.74) is 0. The van der Waals surface area contributed by atoms with Gasteiger partial charge in [-0.15, -0.1) is 0 Å². The van der Waals surface area contributed by atoms with Gasteiger partial charge in [-0.05, 0) is 0 Å². The number of quaternary nitrogens is 1. The van der Waals surface area contributed by atoms with Gasteiger partial charge in [-0.1, -0.05) is 0 Å². The topological polar surface area (TPSA) is 29.5 Å². The Balaban J connectivity index is 0.000000336. The van der Waals surface area contributed by atoms with E-state index in [0.29, 0.717) is 0 Å². The Bertz CT molecular complexity index is 161. The first-order chi connectivity index (χ1) is 6.77. The first kappa shape index (κ1) is 14.7. The van der Waals surface area contributed by atoms with Gasteiger partial charge in [0.05, 0.1) is 26.9 Å². The van der Waals surface area contributed by atoms with Crippen molar-refractivity contribution in [3.63, 3.8) is 0 Å². The van der Waals surface area contributed by atoms with Gasteiger partial charge in [0.2, 0.25) is 0 Å². The van der Waals surface area contributed by atoms with E-state index in [4.69, 9.17) is 9.84 Å². The first-order valence-electron chi connectivity index (χ1n) is 4.66. The van der Waals surface area contributed by atoms with E-state index in [1.54, 1.807) is 0 Å². The van der Waals surface area contributed by atoms with Gasteiger partial charge in [0.25, 0.3) is 0 Å². The van der Waals surface area contributed by atoms with Crippen molar-refractivity contribution in [2.24, 2.45) is 0 Å². The van der Waals surface area contributed by atoms with E-state index < -0.39 is 7.25 Å². The number of aliphatic hydroxyl groups excluding tert-OH is 1. The number of hydrogen-bond acceptors (Lipinski definition) is 2. The second kappa shape index (κ2) is 6.29. The van der Waals surface area contributed by atoms with Crippen LogP contribution in [0.1, 0.15) is 0 Å². The zero-order valence-electron chi connectivity index (χ0n) is 8.63. The lowest BCUT2D eigenvalue weighted by Gasteiger charge is -2.36. The van der Waals surface area contributed by atoms with Crippen LogP contribution >= 0.6 is 0 Å². The summed E-state index contributed by atoms with van der Waals surface area (Å²) in [6.45, 7) is 4.92. The van der Waals surface area contributed by atoms with E-state index in [-0.39, 0.29) is 6.61 Å². The number of halogens is 4. The van der Waals surface area contributed by atoms with Crippen LogP contribution < -0.4 is 0 Å². The summed E-state index contributed by atoms with van der Waals surface area (Å²) in [6, 6.07) is 0. The zero-order chi connectivity index (χ0) is 11.9. The van der Waals surface area contributed by atoms with E-state index in [9.17, 15) is 17.3 Å². The van der Waals surface area contributed by atoms with Crippen LogP contribution in [0.5, 0.6) is 0 Å². The Labute approximate surface area is 86.3 Å². The maximum atomic E-state index is 9.75. The van der Waals surface area contributed by atoms with Crippen molar-refractivity contribution in [3.8, 4) is 0 Å². The number of hydrogen-bond donors (Lipinski definition) is 1. The molecule has 92 valence electrons. The zero-order valence-corrected chi connectivity index (χ0v) is 8.63. The highest BCUT2D eigenvalue weighted by Crippen LogP contribution is 2.06. The fourth-order valence-electron chi connectivity index (χ4n) is 1.25. The van der Waals surface area contributed by atoms with Gasteiger partial charge in [-0.2, -0.15) is 0 Å². The molecule has 1 heterocycles. The predicted molar refractivity (Wildman–Crippen MR) is 48.9 cm³/mol. The Kier molecular flexibility index (Phi) is 6.15. The minimum atomic E-state index is -6.00. The summed E-state index contributed by atoms with van der Waals surface area (Å²) >= 11 is 0. The normalized spacial score (nSPS) is 20.4. The molecule has 1 saturated heterocycles. The molecule has 0 radical (unpaired) electrons. The number of likely N-dealkylation sites (N-methyl/N-ethyl adjacent to an activating group) is 1. The van der Waals surface area contributed by atoms with E-state index in [0.717, 1.165) is 37.3 Å². The average Bonchev–Trinajstić information content (AvgIpc) is 2.02. The van der Waals surface area contributed by atoms with Gasteiger partial charge in [0.15, 0.2) is 0 Å². The van der Waals surface area contributed by atoms with Gasteiger partial charge in [-0.25, -0.2) is 0 Å². The van der Waals surface area contributed by atoms with Crippen LogP contribution in [0.4, 0.5) is 17.3 Å². The van der Waals surface area contributed by atoms with Gasteiger partial charge < -0.3 is 31.6 Å². The van der Waals surface area contributed by atoms with Crippen molar-refractivity contribution in [1.29, 1.82) is 0 Å². The van der Waals surface area contributed by atoms with E-state index in [1.165, 1.54) is 0 Å². The van der Waals surface area contributed by atoms with Crippen LogP contribution in [-0.2, 0) is 4.74 Å². The van der Waals surface area contributed by atoms with E-state index >= 15 is 0 Å². The van der Waals surface area contributed by atoms with Crippen LogP contribution in [0.2, 0.25) is 0 Å². The minimum absolute atomic E-state index is 0.288. The SMILES string of the molecule is C[N+]1(CCO)CCOCC1.F[B-](F)(F)F. The fourth-order valence-corrected chi connectivity index (χ4v) is 1.25. The van der Waals surface area contributed by atoms with Crippen molar-refractivity contribution in [1.82, 2.24) is 0 Å². The molecular formula is C7H16BF4NO2. The smallest absolute Gasteiger partial charge is 0.418 e. The molecule has 1 rings (SSSR count). The molecule has 0 unspecified atom stereocenters. The molecule has 0 aromatic heterocycles. The van der Waals surface area contributed by atoms with Gasteiger partial charge >= 0.3 is 7.25 Å². The Hall–Kier alpha value is -0.335. The van der Waals surface area contributed by atoms with Gasteiger partial charge in [0.1, 0.15) is 19.6 Å². The number of aliphatic hydroxyl groups is 1. The maximum absolute atomic E-state index is 9.75. The number of nitrogens with zero attached hydrogens (tertiary/aromatic N) is 1.